The maximum Gasteiger partial charge on any atom is 0.287 e. The minimum Gasteiger partial charge on any atom is -0.492 e. The molecule has 0 spiro atoms. The third-order valence-corrected chi connectivity index (χ3v) is 2.98. The highest BCUT2D eigenvalue weighted by Gasteiger charge is 2.04. The summed E-state index contributed by atoms with van der Waals surface area (Å²) in [6.45, 7) is 1.03. The molecule has 0 saturated heterocycles. The van der Waals surface area contributed by atoms with Gasteiger partial charge in [0.2, 0.25) is 0 Å². The molecule has 1 N–H and O–H groups in total. The van der Waals surface area contributed by atoms with Crippen LogP contribution in [0.3, 0.4) is 0 Å². The predicted molar refractivity (Wildman–Crippen MR) is 79.0 cm³/mol. The zero-order valence-electron chi connectivity index (χ0n) is 10.5. The Bertz CT molecular complexity index is 572. The molecular weight excluding hydrogens is 326 g/mol. The van der Waals surface area contributed by atoms with Crippen LogP contribution in [0.5, 0.6) is 5.75 Å². The maximum absolute atomic E-state index is 10.5. The number of halogens is 1. The summed E-state index contributed by atoms with van der Waals surface area (Å²) in [5.41, 5.74) is -0.0262. The summed E-state index contributed by atoms with van der Waals surface area (Å²) in [6.07, 6.45) is 1.22. The quantitative estimate of drug-likeness (QED) is 0.497. The van der Waals surface area contributed by atoms with Gasteiger partial charge in [-0.2, -0.15) is 0 Å². The van der Waals surface area contributed by atoms with Gasteiger partial charge in [0.05, 0.1) is 11.5 Å². The lowest BCUT2D eigenvalue weighted by Crippen LogP contribution is -2.12. The van der Waals surface area contributed by atoms with Gasteiger partial charge in [-0.05, 0) is 30.3 Å². The van der Waals surface area contributed by atoms with E-state index in [2.05, 4.69) is 26.2 Å². The van der Waals surface area contributed by atoms with Gasteiger partial charge in [-0.1, -0.05) is 15.9 Å². The summed E-state index contributed by atoms with van der Waals surface area (Å²) < 4.78 is 6.52. The normalized spacial score (nSPS) is 10.1. The molecule has 0 fully saturated rings. The van der Waals surface area contributed by atoms with E-state index in [-0.39, 0.29) is 5.69 Å². The van der Waals surface area contributed by atoms with Crippen molar-refractivity contribution in [1.82, 2.24) is 4.98 Å². The summed E-state index contributed by atoms with van der Waals surface area (Å²) in [5.74, 6) is 1.36. The zero-order chi connectivity index (χ0) is 14.4. The fraction of sp³-hybridized carbons (Fsp3) is 0.154. The second-order valence-electron chi connectivity index (χ2n) is 3.89. The van der Waals surface area contributed by atoms with Crippen molar-refractivity contribution in [2.24, 2.45) is 0 Å². The van der Waals surface area contributed by atoms with Crippen molar-refractivity contribution in [2.75, 3.05) is 18.5 Å². The smallest absolute Gasteiger partial charge is 0.287 e. The van der Waals surface area contributed by atoms with E-state index in [1.54, 1.807) is 6.07 Å². The Labute approximate surface area is 124 Å². The first-order chi connectivity index (χ1) is 9.65. The van der Waals surface area contributed by atoms with Gasteiger partial charge in [0.15, 0.2) is 0 Å². The number of aromatic nitrogens is 1. The standard InChI is InChI=1S/C13H12BrN3O3/c14-10-1-4-12(5-2-10)20-8-7-15-13-6-3-11(9-16-13)17(18)19/h1-6,9H,7-8H2,(H,15,16). The van der Waals surface area contributed by atoms with Crippen molar-refractivity contribution >= 4 is 27.4 Å². The molecule has 0 radical (unpaired) electrons. The van der Waals surface area contributed by atoms with Gasteiger partial charge in [-0.3, -0.25) is 10.1 Å². The van der Waals surface area contributed by atoms with E-state index in [1.165, 1.54) is 12.3 Å². The van der Waals surface area contributed by atoms with Gasteiger partial charge in [-0.15, -0.1) is 0 Å². The molecule has 1 heterocycles. The lowest BCUT2D eigenvalue weighted by atomic mass is 10.3. The van der Waals surface area contributed by atoms with E-state index < -0.39 is 4.92 Å². The molecule has 0 unspecified atom stereocenters. The second-order valence-corrected chi connectivity index (χ2v) is 4.80. The van der Waals surface area contributed by atoms with Crippen molar-refractivity contribution in [2.45, 2.75) is 0 Å². The molecule has 0 atom stereocenters. The first-order valence-electron chi connectivity index (χ1n) is 5.88. The van der Waals surface area contributed by atoms with Crippen LogP contribution in [-0.4, -0.2) is 23.1 Å². The fourth-order valence-electron chi connectivity index (χ4n) is 1.48. The molecule has 6 nitrogen and oxygen atoms in total. The third kappa shape index (κ3) is 4.20. The molecule has 7 heteroatoms. The molecule has 0 aliphatic rings. The van der Waals surface area contributed by atoms with Crippen LogP contribution in [0.15, 0.2) is 47.1 Å². The van der Waals surface area contributed by atoms with E-state index in [1.807, 2.05) is 24.3 Å². The first-order valence-corrected chi connectivity index (χ1v) is 6.67. The number of pyridine rings is 1. The van der Waals surface area contributed by atoms with E-state index >= 15 is 0 Å². The molecule has 2 rings (SSSR count). The van der Waals surface area contributed by atoms with Crippen molar-refractivity contribution < 1.29 is 9.66 Å². The van der Waals surface area contributed by atoms with Crippen LogP contribution in [0.25, 0.3) is 0 Å². The SMILES string of the molecule is O=[N+]([O-])c1ccc(NCCOc2ccc(Br)cc2)nc1. The van der Waals surface area contributed by atoms with E-state index in [0.29, 0.717) is 19.0 Å². The van der Waals surface area contributed by atoms with Crippen LogP contribution in [0.2, 0.25) is 0 Å². The summed E-state index contributed by atoms with van der Waals surface area (Å²) in [5, 5.41) is 13.5. The number of anilines is 1. The second kappa shape index (κ2) is 6.85. The minimum atomic E-state index is -0.479. The Balaban J connectivity index is 1.75. The number of hydrogen-bond donors (Lipinski definition) is 1. The highest BCUT2D eigenvalue weighted by Crippen LogP contribution is 2.16. The Morgan fingerprint density at radius 3 is 2.60 bits per heavy atom. The van der Waals surface area contributed by atoms with Gasteiger partial charge in [0.25, 0.3) is 5.69 Å². The van der Waals surface area contributed by atoms with Crippen molar-refractivity contribution in [3.8, 4) is 5.75 Å². The molecule has 2 aromatic rings. The average molecular weight is 338 g/mol. The molecule has 0 aliphatic carbocycles. The number of ether oxygens (including phenoxy) is 1. The number of nitro groups is 1. The summed E-state index contributed by atoms with van der Waals surface area (Å²) in [4.78, 5) is 13.9. The highest BCUT2D eigenvalue weighted by molar-refractivity contribution is 9.10. The number of benzene rings is 1. The zero-order valence-corrected chi connectivity index (χ0v) is 12.0. The van der Waals surface area contributed by atoms with Gasteiger partial charge < -0.3 is 10.1 Å². The molecule has 104 valence electrons. The summed E-state index contributed by atoms with van der Waals surface area (Å²) in [6, 6.07) is 10.5. The van der Waals surface area contributed by atoms with Crippen LogP contribution in [0.1, 0.15) is 0 Å². The molecule has 0 aliphatic heterocycles. The topological polar surface area (TPSA) is 77.3 Å². The van der Waals surface area contributed by atoms with Crippen LogP contribution in [0, 0.1) is 10.1 Å². The molecule has 20 heavy (non-hydrogen) atoms. The van der Waals surface area contributed by atoms with Gasteiger partial charge >= 0.3 is 0 Å². The third-order valence-electron chi connectivity index (χ3n) is 2.45. The van der Waals surface area contributed by atoms with Crippen LogP contribution in [-0.2, 0) is 0 Å². The molecule has 1 aromatic heterocycles. The summed E-state index contributed by atoms with van der Waals surface area (Å²) in [7, 11) is 0. The number of nitrogens with one attached hydrogen (secondary N) is 1. The van der Waals surface area contributed by atoms with E-state index in [0.717, 1.165) is 10.2 Å². The Morgan fingerprint density at radius 2 is 2.00 bits per heavy atom. The fourth-order valence-corrected chi connectivity index (χ4v) is 1.74. The van der Waals surface area contributed by atoms with E-state index in [4.69, 9.17) is 4.74 Å². The maximum atomic E-state index is 10.5. The Hall–Kier alpha value is -2.15. The van der Waals surface area contributed by atoms with Crippen LogP contribution >= 0.6 is 15.9 Å². The predicted octanol–water partition coefficient (Wildman–Crippen LogP) is 3.24. The van der Waals surface area contributed by atoms with Crippen molar-refractivity contribution in [1.29, 1.82) is 0 Å². The first kappa shape index (κ1) is 14.3. The minimum absolute atomic E-state index is 0.0262. The van der Waals surface area contributed by atoms with E-state index in [9.17, 15) is 10.1 Å². The molecule has 0 amide bonds. The highest BCUT2D eigenvalue weighted by atomic mass is 79.9. The lowest BCUT2D eigenvalue weighted by Gasteiger charge is -2.07. The number of hydrogen-bond acceptors (Lipinski definition) is 5. The van der Waals surface area contributed by atoms with Crippen molar-refractivity contribution in [3.63, 3.8) is 0 Å². The Kier molecular flexibility index (Phi) is 4.89. The number of rotatable bonds is 6. The lowest BCUT2D eigenvalue weighted by molar-refractivity contribution is -0.385. The van der Waals surface area contributed by atoms with Crippen LogP contribution in [0.4, 0.5) is 11.5 Å². The van der Waals surface area contributed by atoms with Gasteiger partial charge in [0.1, 0.15) is 24.4 Å². The molecular formula is C13H12BrN3O3. The molecule has 0 saturated carbocycles. The van der Waals surface area contributed by atoms with Crippen LogP contribution < -0.4 is 10.1 Å². The van der Waals surface area contributed by atoms with Crippen molar-refractivity contribution in [3.05, 3.63) is 57.2 Å². The Morgan fingerprint density at radius 1 is 1.25 bits per heavy atom. The van der Waals surface area contributed by atoms with Gasteiger partial charge in [-0.25, -0.2) is 4.98 Å². The number of nitrogens with zero attached hydrogens (tertiary/aromatic N) is 2. The monoisotopic (exact) mass is 337 g/mol. The summed E-state index contributed by atoms with van der Waals surface area (Å²) >= 11 is 3.35. The van der Waals surface area contributed by atoms with Gasteiger partial charge in [0, 0.05) is 10.5 Å². The largest absolute Gasteiger partial charge is 0.492 e. The average Bonchev–Trinajstić information content (AvgIpc) is 2.46. The molecule has 1 aromatic carbocycles. The molecule has 0 bridgehead atoms.